The Morgan fingerprint density at radius 2 is 1.78 bits per heavy atom. The van der Waals surface area contributed by atoms with Gasteiger partial charge in [-0.2, -0.15) is 0 Å². The van der Waals surface area contributed by atoms with Crippen LogP contribution in [0, 0.1) is 6.92 Å². The number of amides is 1. The largest absolute Gasteiger partial charge is 0.480 e. The molecular weight excluding hydrogens is 482 g/mol. The molecule has 0 saturated heterocycles. The van der Waals surface area contributed by atoms with Crippen LogP contribution in [-0.2, 0) is 35.3 Å². The van der Waals surface area contributed by atoms with E-state index >= 15 is 0 Å². The lowest BCUT2D eigenvalue weighted by Gasteiger charge is -2.15. The Morgan fingerprint density at radius 1 is 1.06 bits per heavy atom. The topological polar surface area (TPSA) is 110 Å². The number of benzene rings is 2. The molecule has 1 aliphatic rings. The Kier molecular flexibility index (Phi) is 6.58. The van der Waals surface area contributed by atoms with Crippen molar-refractivity contribution >= 4 is 45.4 Å². The molecule has 1 amide bonds. The first-order chi connectivity index (χ1) is 17.3. The number of halogens is 1. The number of rotatable bonds is 7. The molecule has 36 heavy (non-hydrogen) atoms. The molecule has 0 radical (unpaired) electrons. The summed E-state index contributed by atoms with van der Waals surface area (Å²) in [5, 5.41) is 14.5. The predicted octanol–water partition coefficient (Wildman–Crippen LogP) is 5.12. The quantitative estimate of drug-likeness (QED) is 0.336. The van der Waals surface area contributed by atoms with E-state index in [0.29, 0.717) is 16.2 Å². The highest BCUT2D eigenvalue weighted by Gasteiger charge is 2.23. The molecule has 0 spiro atoms. The Hall–Kier alpha value is -3.58. The van der Waals surface area contributed by atoms with E-state index in [1.807, 2.05) is 13.0 Å². The van der Waals surface area contributed by atoms with Gasteiger partial charge in [0.1, 0.15) is 23.0 Å². The average Bonchev–Trinajstić information content (AvgIpc) is 3.21. The van der Waals surface area contributed by atoms with Crippen LogP contribution in [0.25, 0.3) is 21.9 Å². The first-order valence-corrected chi connectivity index (χ1v) is 12.4. The Labute approximate surface area is 212 Å². The SMILES string of the molecule is Cc1c(CCC(=O)NC(Cc2ccc(Cl)cc2)C(=O)O)c(=O)oc2cc3oc4c(c3cc12)CCCC4. The number of aliphatic carboxylic acids is 1. The van der Waals surface area contributed by atoms with E-state index in [2.05, 4.69) is 5.32 Å². The maximum Gasteiger partial charge on any atom is 0.339 e. The molecule has 2 aromatic heterocycles. The highest BCUT2D eigenvalue weighted by molar-refractivity contribution is 6.30. The van der Waals surface area contributed by atoms with E-state index in [-0.39, 0.29) is 19.3 Å². The maximum absolute atomic E-state index is 12.8. The lowest BCUT2D eigenvalue weighted by molar-refractivity contribution is -0.141. The minimum atomic E-state index is -1.13. The van der Waals surface area contributed by atoms with Crippen LogP contribution in [-0.4, -0.2) is 23.0 Å². The minimum absolute atomic E-state index is 0.0368. The number of carboxylic acid groups (broad SMARTS) is 1. The Bertz CT molecular complexity index is 1530. The number of fused-ring (bicyclic) bond motifs is 4. The summed E-state index contributed by atoms with van der Waals surface area (Å²) in [6.07, 6.45) is 4.35. The highest BCUT2D eigenvalue weighted by Crippen LogP contribution is 2.35. The van der Waals surface area contributed by atoms with Crippen molar-refractivity contribution in [2.75, 3.05) is 0 Å². The van der Waals surface area contributed by atoms with Crippen molar-refractivity contribution < 1.29 is 23.5 Å². The van der Waals surface area contributed by atoms with E-state index in [1.165, 1.54) is 5.56 Å². The van der Waals surface area contributed by atoms with Gasteiger partial charge >= 0.3 is 11.6 Å². The van der Waals surface area contributed by atoms with Gasteiger partial charge in [0.15, 0.2) is 0 Å². The third kappa shape index (κ3) is 4.75. The molecule has 5 rings (SSSR count). The number of hydrogen-bond acceptors (Lipinski definition) is 5. The number of aryl methyl sites for hydroxylation is 3. The van der Waals surface area contributed by atoms with Crippen LogP contribution in [0.1, 0.15) is 47.3 Å². The smallest absolute Gasteiger partial charge is 0.339 e. The summed E-state index contributed by atoms with van der Waals surface area (Å²) in [6.45, 7) is 1.85. The molecule has 1 unspecified atom stereocenters. The fourth-order valence-electron chi connectivity index (χ4n) is 4.99. The molecule has 2 N–H and O–H groups in total. The van der Waals surface area contributed by atoms with Crippen LogP contribution in [0.3, 0.4) is 0 Å². The van der Waals surface area contributed by atoms with Crippen LogP contribution < -0.4 is 10.9 Å². The van der Waals surface area contributed by atoms with Gasteiger partial charge in [-0.05, 0) is 61.9 Å². The maximum atomic E-state index is 12.8. The van der Waals surface area contributed by atoms with Crippen molar-refractivity contribution in [3.8, 4) is 0 Å². The first-order valence-electron chi connectivity index (χ1n) is 12.1. The molecule has 8 heteroatoms. The lowest BCUT2D eigenvalue weighted by atomic mass is 9.94. The first kappa shape index (κ1) is 24.1. The van der Waals surface area contributed by atoms with Crippen LogP contribution >= 0.6 is 11.6 Å². The summed E-state index contributed by atoms with van der Waals surface area (Å²) >= 11 is 5.89. The molecule has 1 atom stereocenters. The summed E-state index contributed by atoms with van der Waals surface area (Å²) < 4.78 is 11.6. The van der Waals surface area contributed by atoms with Gasteiger partial charge in [0, 0.05) is 52.3 Å². The lowest BCUT2D eigenvalue weighted by Crippen LogP contribution is -2.42. The number of furan rings is 1. The van der Waals surface area contributed by atoms with Crippen LogP contribution in [0.2, 0.25) is 5.02 Å². The van der Waals surface area contributed by atoms with Gasteiger partial charge in [-0.15, -0.1) is 0 Å². The van der Waals surface area contributed by atoms with Crippen molar-refractivity contribution in [1.82, 2.24) is 5.32 Å². The monoisotopic (exact) mass is 507 g/mol. The van der Waals surface area contributed by atoms with E-state index < -0.39 is 23.5 Å². The molecule has 7 nitrogen and oxygen atoms in total. The van der Waals surface area contributed by atoms with Crippen LogP contribution in [0.15, 0.2) is 50.0 Å². The second kappa shape index (κ2) is 9.82. The van der Waals surface area contributed by atoms with Gasteiger partial charge in [-0.1, -0.05) is 23.7 Å². The minimum Gasteiger partial charge on any atom is -0.480 e. The van der Waals surface area contributed by atoms with Gasteiger partial charge in [0.25, 0.3) is 0 Å². The zero-order chi connectivity index (χ0) is 25.4. The Morgan fingerprint density at radius 3 is 2.53 bits per heavy atom. The zero-order valence-corrected chi connectivity index (χ0v) is 20.6. The van der Waals surface area contributed by atoms with Crippen molar-refractivity contribution in [3.05, 3.63) is 79.9 Å². The number of nitrogens with one attached hydrogen (secondary N) is 1. The fraction of sp³-hybridized carbons (Fsp3) is 0.321. The third-order valence-electron chi connectivity index (χ3n) is 6.95. The van der Waals surface area contributed by atoms with Crippen molar-refractivity contribution in [1.29, 1.82) is 0 Å². The standard InChI is InChI=1S/C28H26ClNO6/c1-15-18(10-11-26(31)30-22(27(32)33)12-16-6-8-17(29)9-7-16)28(34)36-24-14-25-21(13-20(15)24)19-4-2-3-5-23(19)35-25/h6-9,13-14,22H,2-5,10-12H2,1H3,(H,30,31)(H,32,33). The molecule has 2 heterocycles. The van der Waals surface area contributed by atoms with E-state index in [4.69, 9.17) is 20.4 Å². The van der Waals surface area contributed by atoms with Gasteiger partial charge in [-0.3, -0.25) is 4.79 Å². The number of carbonyl (C=O) groups is 2. The van der Waals surface area contributed by atoms with E-state index in [0.717, 1.165) is 58.9 Å². The molecular formula is C28H26ClNO6. The van der Waals surface area contributed by atoms with Crippen LogP contribution in [0.4, 0.5) is 0 Å². The summed E-state index contributed by atoms with van der Waals surface area (Å²) in [5.74, 6) is -0.572. The van der Waals surface area contributed by atoms with Crippen molar-refractivity contribution in [2.24, 2.45) is 0 Å². The molecule has 186 valence electrons. The zero-order valence-electron chi connectivity index (χ0n) is 19.9. The molecule has 1 aliphatic carbocycles. The molecule has 4 aromatic rings. The normalized spacial score (nSPS) is 14.1. The highest BCUT2D eigenvalue weighted by atomic mass is 35.5. The second-order valence-electron chi connectivity index (χ2n) is 9.34. The summed E-state index contributed by atoms with van der Waals surface area (Å²) in [6, 6.07) is 9.51. The molecule has 0 aliphatic heterocycles. The van der Waals surface area contributed by atoms with Gasteiger partial charge < -0.3 is 19.3 Å². The molecule has 2 aromatic carbocycles. The van der Waals surface area contributed by atoms with Gasteiger partial charge in [0.2, 0.25) is 5.91 Å². The number of carbonyl (C=O) groups excluding carboxylic acids is 1. The Balaban J connectivity index is 1.35. The van der Waals surface area contributed by atoms with Gasteiger partial charge in [0.05, 0.1) is 0 Å². The van der Waals surface area contributed by atoms with Crippen molar-refractivity contribution in [3.63, 3.8) is 0 Å². The summed E-state index contributed by atoms with van der Waals surface area (Å²) in [4.78, 5) is 37.1. The number of hydrogen-bond donors (Lipinski definition) is 2. The van der Waals surface area contributed by atoms with E-state index in [1.54, 1.807) is 30.3 Å². The van der Waals surface area contributed by atoms with Crippen molar-refractivity contribution in [2.45, 2.75) is 57.9 Å². The summed E-state index contributed by atoms with van der Waals surface area (Å²) in [5.41, 5.74) is 3.83. The fourth-order valence-corrected chi connectivity index (χ4v) is 5.12. The number of carboxylic acids is 1. The molecule has 0 fully saturated rings. The van der Waals surface area contributed by atoms with E-state index in [9.17, 15) is 19.5 Å². The second-order valence-corrected chi connectivity index (χ2v) is 9.77. The summed E-state index contributed by atoms with van der Waals surface area (Å²) in [7, 11) is 0. The third-order valence-corrected chi connectivity index (χ3v) is 7.20. The predicted molar refractivity (Wildman–Crippen MR) is 137 cm³/mol. The average molecular weight is 508 g/mol. The van der Waals surface area contributed by atoms with Crippen LogP contribution in [0.5, 0.6) is 0 Å². The van der Waals surface area contributed by atoms with Gasteiger partial charge in [-0.25, -0.2) is 9.59 Å². The molecule has 0 saturated carbocycles. The molecule has 0 bridgehead atoms.